The van der Waals surface area contributed by atoms with E-state index in [0.29, 0.717) is 5.92 Å². The fourth-order valence-corrected chi connectivity index (χ4v) is 1.86. The lowest BCUT2D eigenvalue weighted by Gasteiger charge is -2.09. The van der Waals surface area contributed by atoms with Gasteiger partial charge in [-0.05, 0) is 36.1 Å². The van der Waals surface area contributed by atoms with Crippen LogP contribution in [-0.4, -0.2) is 6.54 Å². The highest BCUT2D eigenvalue weighted by molar-refractivity contribution is 6.31. The second-order valence-electron chi connectivity index (χ2n) is 4.30. The molecule has 1 aromatic rings. The third kappa shape index (κ3) is 4.23. The maximum absolute atomic E-state index is 6.22. The van der Waals surface area contributed by atoms with Gasteiger partial charge in [0.1, 0.15) is 0 Å². The fraction of sp³-hybridized carbons (Fsp3) is 0.538. The van der Waals surface area contributed by atoms with Crippen molar-refractivity contribution in [3.63, 3.8) is 0 Å². The van der Waals surface area contributed by atoms with Gasteiger partial charge in [-0.15, -0.1) is 0 Å². The average molecular weight is 226 g/mol. The maximum Gasteiger partial charge on any atom is 0.0441 e. The summed E-state index contributed by atoms with van der Waals surface area (Å²) in [4.78, 5) is 0. The topological polar surface area (TPSA) is 12.0 Å². The van der Waals surface area contributed by atoms with E-state index in [9.17, 15) is 0 Å². The molecular formula is C13H20ClN. The van der Waals surface area contributed by atoms with Crippen LogP contribution in [0.25, 0.3) is 0 Å². The summed E-state index contributed by atoms with van der Waals surface area (Å²) in [5.41, 5.74) is 2.52. The Balaban J connectivity index is 2.70. The maximum atomic E-state index is 6.22. The minimum absolute atomic E-state index is 0.655. The molecule has 1 nitrogen and oxygen atoms in total. The zero-order chi connectivity index (χ0) is 11.3. The largest absolute Gasteiger partial charge is 0.313 e. The highest BCUT2D eigenvalue weighted by atomic mass is 35.5. The Kier molecular flexibility index (Phi) is 5.13. The summed E-state index contributed by atoms with van der Waals surface area (Å²) in [7, 11) is 0. The van der Waals surface area contributed by atoms with Crippen molar-refractivity contribution >= 4 is 11.6 Å². The molecule has 84 valence electrons. The predicted molar refractivity (Wildman–Crippen MR) is 67.4 cm³/mol. The van der Waals surface area contributed by atoms with Crippen LogP contribution in [0.3, 0.4) is 0 Å². The second kappa shape index (κ2) is 6.14. The quantitative estimate of drug-likeness (QED) is 0.807. The molecule has 0 fully saturated rings. The molecule has 0 saturated heterocycles. The molecule has 0 bridgehead atoms. The molecule has 1 N–H and O–H groups in total. The van der Waals surface area contributed by atoms with Crippen molar-refractivity contribution in [3.8, 4) is 0 Å². The van der Waals surface area contributed by atoms with Gasteiger partial charge in [0.15, 0.2) is 0 Å². The normalized spacial score (nSPS) is 11.0. The van der Waals surface area contributed by atoms with Crippen LogP contribution in [0.2, 0.25) is 5.02 Å². The molecular weight excluding hydrogens is 206 g/mol. The molecule has 0 aromatic heterocycles. The summed E-state index contributed by atoms with van der Waals surface area (Å²) in [5, 5.41) is 4.20. The standard InChI is InChI=1S/C13H20ClN/c1-4-15-9-11-5-6-12(7-10(2)3)13(14)8-11/h5-6,8,10,15H,4,7,9H2,1-3H3. The van der Waals surface area contributed by atoms with Crippen molar-refractivity contribution in [1.82, 2.24) is 5.32 Å². The van der Waals surface area contributed by atoms with Gasteiger partial charge >= 0.3 is 0 Å². The molecule has 0 spiro atoms. The van der Waals surface area contributed by atoms with Gasteiger partial charge in [-0.1, -0.05) is 44.5 Å². The van der Waals surface area contributed by atoms with Crippen LogP contribution in [0.5, 0.6) is 0 Å². The molecule has 0 radical (unpaired) electrons. The van der Waals surface area contributed by atoms with Crippen molar-refractivity contribution in [2.24, 2.45) is 5.92 Å². The summed E-state index contributed by atoms with van der Waals surface area (Å²) in [5.74, 6) is 0.655. The van der Waals surface area contributed by atoms with Crippen LogP contribution in [-0.2, 0) is 13.0 Å². The van der Waals surface area contributed by atoms with E-state index in [1.165, 1.54) is 11.1 Å². The third-order valence-corrected chi connectivity index (χ3v) is 2.68. The first-order valence-corrected chi connectivity index (χ1v) is 5.99. The molecule has 1 aromatic carbocycles. The molecule has 2 heteroatoms. The first-order valence-electron chi connectivity index (χ1n) is 5.61. The Labute approximate surface area is 97.8 Å². The van der Waals surface area contributed by atoms with Gasteiger partial charge in [-0.3, -0.25) is 0 Å². The molecule has 0 amide bonds. The minimum Gasteiger partial charge on any atom is -0.313 e. The molecule has 0 aliphatic heterocycles. The van der Waals surface area contributed by atoms with E-state index in [1.807, 2.05) is 0 Å². The van der Waals surface area contributed by atoms with Gasteiger partial charge in [0.25, 0.3) is 0 Å². The van der Waals surface area contributed by atoms with Crippen LogP contribution in [0.15, 0.2) is 18.2 Å². The SMILES string of the molecule is CCNCc1ccc(CC(C)C)c(Cl)c1. The molecule has 0 aliphatic rings. The lowest BCUT2D eigenvalue weighted by Crippen LogP contribution is -2.11. The second-order valence-corrected chi connectivity index (χ2v) is 4.71. The average Bonchev–Trinajstić information content (AvgIpc) is 2.18. The fourth-order valence-electron chi connectivity index (χ4n) is 1.58. The van der Waals surface area contributed by atoms with Crippen molar-refractivity contribution < 1.29 is 0 Å². The first kappa shape index (κ1) is 12.5. The predicted octanol–water partition coefficient (Wildman–Crippen LogP) is 3.65. The molecule has 0 heterocycles. The lowest BCUT2D eigenvalue weighted by atomic mass is 10.0. The van der Waals surface area contributed by atoms with Crippen molar-refractivity contribution in [2.45, 2.75) is 33.7 Å². The highest BCUT2D eigenvalue weighted by Gasteiger charge is 2.03. The molecule has 15 heavy (non-hydrogen) atoms. The Bertz CT molecular complexity index is 307. The van der Waals surface area contributed by atoms with Crippen molar-refractivity contribution in [3.05, 3.63) is 34.3 Å². The minimum atomic E-state index is 0.655. The van der Waals surface area contributed by atoms with E-state index in [0.717, 1.165) is 24.5 Å². The Morgan fingerprint density at radius 3 is 2.60 bits per heavy atom. The first-order chi connectivity index (χ1) is 7.13. The summed E-state index contributed by atoms with van der Waals surface area (Å²) >= 11 is 6.22. The van der Waals surface area contributed by atoms with E-state index >= 15 is 0 Å². The number of nitrogens with one attached hydrogen (secondary N) is 1. The summed E-state index contributed by atoms with van der Waals surface area (Å²) in [6.45, 7) is 8.42. The summed E-state index contributed by atoms with van der Waals surface area (Å²) in [6, 6.07) is 6.38. The molecule has 0 unspecified atom stereocenters. The van der Waals surface area contributed by atoms with Gasteiger partial charge in [0.05, 0.1) is 0 Å². The van der Waals surface area contributed by atoms with Crippen LogP contribution < -0.4 is 5.32 Å². The number of hydrogen-bond donors (Lipinski definition) is 1. The van der Waals surface area contributed by atoms with E-state index < -0.39 is 0 Å². The number of benzene rings is 1. The third-order valence-electron chi connectivity index (χ3n) is 2.32. The molecule has 0 saturated carbocycles. The monoisotopic (exact) mass is 225 g/mol. The van der Waals surface area contributed by atoms with Gasteiger partial charge in [-0.2, -0.15) is 0 Å². The van der Waals surface area contributed by atoms with E-state index in [2.05, 4.69) is 44.3 Å². The highest BCUT2D eigenvalue weighted by Crippen LogP contribution is 2.20. The van der Waals surface area contributed by atoms with E-state index in [4.69, 9.17) is 11.6 Å². The van der Waals surface area contributed by atoms with Crippen LogP contribution in [0.1, 0.15) is 31.9 Å². The zero-order valence-electron chi connectivity index (χ0n) is 9.81. The lowest BCUT2D eigenvalue weighted by molar-refractivity contribution is 0.647. The Morgan fingerprint density at radius 2 is 2.07 bits per heavy atom. The van der Waals surface area contributed by atoms with Crippen LogP contribution in [0.4, 0.5) is 0 Å². The van der Waals surface area contributed by atoms with Gasteiger partial charge in [-0.25, -0.2) is 0 Å². The number of halogens is 1. The Hall–Kier alpha value is -0.530. The van der Waals surface area contributed by atoms with E-state index in [-0.39, 0.29) is 0 Å². The summed E-state index contributed by atoms with van der Waals surface area (Å²) in [6.07, 6.45) is 1.06. The van der Waals surface area contributed by atoms with E-state index in [1.54, 1.807) is 0 Å². The smallest absolute Gasteiger partial charge is 0.0441 e. The van der Waals surface area contributed by atoms with Gasteiger partial charge < -0.3 is 5.32 Å². The molecule has 0 aliphatic carbocycles. The molecule has 0 atom stereocenters. The number of hydrogen-bond acceptors (Lipinski definition) is 1. The van der Waals surface area contributed by atoms with Gasteiger partial charge in [0.2, 0.25) is 0 Å². The van der Waals surface area contributed by atoms with Crippen molar-refractivity contribution in [1.29, 1.82) is 0 Å². The Morgan fingerprint density at radius 1 is 1.33 bits per heavy atom. The zero-order valence-corrected chi connectivity index (χ0v) is 10.6. The summed E-state index contributed by atoms with van der Waals surface area (Å²) < 4.78 is 0. The van der Waals surface area contributed by atoms with Crippen LogP contribution >= 0.6 is 11.6 Å². The number of rotatable bonds is 5. The van der Waals surface area contributed by atoms with Crippen LogP contribution in [0, 0.1) is 5.92 Å². The van der Waals surface area contributed by atoms with Crippen molar-refractivity contribution in [2.75, 3.05) is 6.54 Å². The molecule has 1 rings (SSSR count). The van der Waals surface area contributed by atoms with Gasteiger partial charge in [0, 0.05) is 11.6 Å².